The van der Waals surface area contributed by atoms with Gasteiger partial charge in [0.2, 0.25) is 0 Å². The van der Waals surface area contributed by atoms with E-state index in [1.807, 2.05) is 0 Å². The van der Waals surface area contributed by atoms with Gasteiger partial charge in [0.15, 0.2) is 0 Å². The van der Waals surface area contributed by atoms with Crippen molar-refractivity contribution in [3.8, 4) is 0 Å². The predicted octanol–water partition coefficient (Wildman–Crippen LogP) is 3.00. The van der Waals surface area contributed by atoms with Crippen molar-refractivity contribution in [3.63, 3.8) is 0 Å². The van der Waals surface area contributed by atoms with E-state index in [-0.39, 0.29) is 5.57 Å². The van der Waals surface area contributed by atoms with Crippen molar-refractivity contribution in [2.24, 2.45) is 9.98 Å². The maximum Gasteiger partial charge on any atom is 0.313 e. The Kier molecular flexibility index (Phi) is 5.12. The zero-order valence-electron chi connectivity index (χ0n) is 7.52. The second kappa shape index (κ2) is 5.31. The molecule has 74 valence electrons. The van der Waals surface area contributed by atoms with E-state index in [4.69, 9.17) is 0 Å². The van der Waals surface area contributed by atoms with E-state index in [1.165, 1.54) is 6.92 Å². The highest BCUT2D eigenvalue weighted by atomic mass is 127. The number of rotatable bonds is 3. The van der Waals surface area contributed by atoms with E-state index in [1.54, 1.807) is 6.92 Å². The molecule has 0 heterocycles. The standard InChI is InChI=1S/C8H11F2IN2/c1-6(8(9,10)11-3)5-13-7(2)12-4/h5H,3-4H2,1-2H3/b6-5+,13-7?. The van der Waals surface area contributed by atoms with Gasteiger partial charge < -0.3 is 0 Å². The fourth-order valence-corrected chi connectivity index (χ4v) is 1.15. The Morgan fingerprint density at radius 2 is 2.00 bits per heavy atom. The molecule has 0 radical (unpaired) electrons. The van der Waals surface area contributed by atoms with Crippen LogP contribution in [0.3, 0.4) is 0 Å². The summed E-state index contributed by atoms with van der Waals surface area (Å²) in [6, 6.07) is 0. The van der Waals surface area contributed by atoms with Gasteiger partial charge in [-0.15, -0.1) is 0 Å². The van der Waals surface area contributed by atoms with Gasteiger partial charge in [-0.05, 0) is 41.3 Å². The van der Waals surface area contributed by atoms with Gasteiger partial charge in [0, 0.05) is 11.8 Å². The minimum Gasteiger partial charge on any atom is -0.250 e. The maximum atomic E-state index is 12.9. The van der Waals surface area contributed by atoms with E-state index in [0.717, 1.165) is 6.20 Å². The third kappa shape index (κ3) is 4.35. The fourth-order valence-electron chi connectivity index (χ4n) is 0.410. The number of nitrogens with zero attached hydrogens (tertiary/aromatic N) is 2. The lowest BCUT2D eigenvalue weighted by atomic mass is 10.3. The van der Waals surface area contributed by atoms with Crippen LogP contribution < -0.4 is 0 Å². The molecule has 0 unspecified atom stereocenters. The molecule has 0 aliphatic rings. The van der Waals surface area contributed by atoms with Gasteiger partial charge >= 0.3 is 3.93 Å². The van der Waals surface area contributed by atoms with Crippen LogP contribution in [-0.4, -0.2) is 21.0 Å². The Hall–Kier alpha value is -0.460. The predicted molar refractivity (Wildman–Crippen MR) is 62.5 cm³/mol. The number of amidine groups is 1. The Morgan fingerprint density at radius 3 is 2.38 bits per heavy atom. The van der Waals surface area contributed by atoms with E-state index < -0.39 is 24.7 Å². The minimum atomic E-state index is -2.77. The second-order valence-electron chi connectivity index (χ2n) is 2.28. The van der Waals surface area contributed by atoms with Crippen LogP contribution in [-0.2, 0) is 0 Å². The lowest BCUT2D eigenvalue weighted by Gasteiger charge is -2.09. The molecular weight excluding hydrogens is 289 g/mol. The molecule has 0 saturated heterocycles. The molecule has 0 fully saturated rings. The van der Waals surface area contributed by atoms with Crippen molar-refractivity contribution in [3.05, 3.63) is 11.8 Å². The molecule has 13 heavy (non-hydrogen) atoms. The van der Waals surface area contributed by atoms with Gasteiger partial charge in [0.1, 0.15) is 5.84 Å². The van der Waals surface area contributed by atoms with Crippen LogP contribution in [0.1, 0.15) is 13.8 Å². The topological polar surface area (TPSA) is 24.7 Å². The largest absolute Gasteiger partial charge is 0.313 e. The summed E-state index contributed by atoms with van der Waals surface area (Å²) < 4.78 is 26.3. The quantitative estimate of drug-likeness (QED) is 0.331. The monoisotopic (exact) mass is 300 g/mol. The van der Waals surface area contributed by atoms with Crippen LogP contribution in [0.15, 0.2) is 21.8 Å². The van der Waals surface area contributed by atoms with Crippen molar-refractivity contribution in [1.82, 2.24) is 0 Å². The third-order valence-electron chi connectivity index (χ3n) is 1.29. The lowest BCUT2D eigenvalue weighted by Crippen LogP contribution is -2.07. The Bertz CT molecular complexity index is 269. The highest BCUT2D eigenvalue weighted by molar-refractivity contribution is 14.2. The highest BCUT2D eigenvalue weighted by Crippen LogP contribution is 2.34. The smallest absolute Gasteiger partial charge is 0.250 e. The van der Waals surface area contributed by atoms with Gasteiger partial charge in [-0.1, -0.05) is 4.51 Å². The van der Waals surface area contributed by atoms with Crippen molar-refractivity contribution in [2.45, 2.75) is 17.8 Å². The summed E-state index contributed by atoms with van der Waals surface area (Å²) in [7, 11) is 0. The molecular formula is C8H11F2IN2. The number of hydrogen-bond acceptors (Lipinski definition) is 1. The maximum absolute atomic E-state index is 12.9. The SMILES string of the molecule is C=NC(C)=N/C=C(\C)C(F)(F)I=C. The number of aliphatic imine (C=N–C) groups is 2. The van der Waals surface area contributed by atoms with Gasteiger partial charge in [-0.25, -0.2) is 9.98 Å². The molecule has 0 aliphatic carbocycles. The van der Waals surface area contributed by atoms with E-state index >= 15 is 0 Å². The zero-order valence-corrected chi connectivity index (χ0v) is 9.68. The molecule has 0 rings (SSSR count). The van der Waals surface area contributed by atoms with Crippen molar-refractivity contribution < 1.29 is 8.78 Å². The van der Waals surface area contributed by atoms with Crippen LogP contribution >= 0.6 is 20.7 Å². The average Bonchev–Trinajstić information content (AvgIpc) is 2.13. The molecule has 0 saturated carbocycles. The Balaban J connectivity index is 4.69. The summed E-state index contributed by atoms with van der Waals surface area (Å²) in [6.07, 6.45) is 1.12. The van der Waals surface area contributed by atoms with Gasteiger partial charge in [-0.2, -0.15) is 8.78 Å². The van der Waals surface area contributed by atoms with Crippen molar-refractivity contribution >= 4 is 37.8 Å². The van der Waals surface area contributed by atoms with Crippen molar-refractivity contribution in [1.29, 1.82) is 0 Å². The molecule has 0 N–H and O–H groups in total. The molecule has 0 aromatic carbocycles. The van der Waals surface area contributed by atoms with E-state index in [0.29, 0.717) is 5.84 Å². The zero-order chi connectivity index (χ0) is 10.5. The summed E-state index contributed by atoms with van der Waals surface area (Å²) in [5.41, 5.74) is -0.0710. The van der Waals surface area contributed by atoms with Gasteiger partial charge in [-0.3, -0.25) is 0 Å². The molecule has 5 heteroatoms. The summed E-state index contributed by atoms with van der Waals surface area (Å²) in [5.74, 6) is 0.373. The van der Waals surface area contributed by atoms with Gasteiger partial charge in [0.05, 0.1) is 0 Å². The summed E-state index contributed by atoms with van der Waals surface area (Å²) in [5, 5.41) is 0. The molecule has 0 aromatic heterocycles. The number of alkyl halides is 3. The summed E-state index contributed by atoms with van der Waals surface area (Å²) in [6.45, 7) is 6.15. The molecule has 0 bridgehead atoms. The lowest BCUT2D eigenvalue weighted by molar-refractivity contribution is 0.169. The third-order valence-corrected chi connectivity index (χ3v) is 3.10. The Morgan fingerprint density at radius 1 is 1.46 bits per heavy atom. The normalized spacial score (nSPS) is 14.5. The molecule has 2 nitrogen and oxygen atoms in total. The van der Waals surface area contributed by atoms with Crippen LogP contribution in [0.2, 0.25) is 0 Å². The molecule has 0 atom stereocenters. The van der Waals surface area contributed by atoms with Crippen LogP contribution in [0.4, 0.5) is 8.78 Å². The average molecular weight is 300 g/mol. The molecule has 0 aliphatic heterocycles. The van der Waals surface area contributed by atoms with Crippen LogP contribution in [0.5, 0.6) is 0 Å². The number of hydrogen-bond donors (Lipinski definition) is 0. The summed E-state index contributed by atoms with van der Waals surface area (Å²) >= 11 is -1.38. The molecule has 0 amide bonds. The number of halogens is 3. The first-order valence-electron chi connectivity index (χ1n) is 3.39. The fraction of sp³-hybridized carbons (Fsp3) is 0.375. The Labute approximate surface area is 86.2 Å². The first kappa shape index (κ1) is 12.5. The first-order valence-corrected chi connectivity index (χ1v) is 6.00. The van der Waals surface area contributed by atoms with Crippen LogP contribution in [0.25, 0.3) is 0 Å². The molecule has 0 spiro atoms. The van der Waals surface area contributed by atoms with E-state index in [2.05, 4.69) is 21.2 Å². The van der Waals surface area contributed by atoms with Crippen molar-refractivity contribution in [2.75, 3.05) is 0 Å². The van der Waals surface area contributed by atoms with E-state index in [9.17, 15) is 8.78 Å². The second-order valence-corrected chi connectivity index (χ2v) is 4.40. The van der Waals surface area contributed by atoms with Crippen LogP contribution in [0, 0.1) is 0 Å². The molecule has 0 aromatic rings. The minimum absolute atomic E-state index is 0.0710. The highest BCUT2D eigenvalue weighted by Gasteiger charge is 2.27. The van der Waals surface area contributed by atoms with Gasteiger partial charge in [0.25, 0.3) is 0 Å². The first-order chi connectivity index (χ1) is 5.94. The number of allylic oxidation sites excluding steroid dienone is 1. The summed E-state index contributed by atoms with van der Waals surface area (Å²) in [4.78, 5) is 7.16.